The van der Waals surface area contributed by atoms with E-state index in [1.807, 2.05) is 36.4 Å². The summed E-state index contributed by atoms with van der Waals surface area (Å²) in [5.74, 6) is 0.926. The van der Waals surface area contributed by atoms with Gasteiger partial charge in [-0.2, -0.15) is 0 Å². The summed E-state index contributed by atoms with van der Waals surface area (Å²) in [6, 6.07) is 29.0. The monoisotopic (exact) mass is 292 g/mol. The molecule has 0 atom stereocenters. The predicted molar refractivity (Wildman–Crippen MR) is 91.1 cm³/mol. The number of para-hydroxylation sites is 1. The Morgan fingerprint density at radius 2 is 1.23 bits per heavy atom. The molecule has 0 amide bonds. The maximum Gasteiger partial charge on any atom is 0.119 e. The summed E-state index contributed by atoms with van der Waals surface area (Å²) >= 11 is 0. The van der Waals surface area contributed by atoms with Gasteiger partial charge in [-0.05, 0) is 28.8 Å². The van der Waals surface area contributed by atoms with Crippen molar-refractivity contribution in [2.75, 3.05) is 6.61 Å². The summed E-state index contributed by atoms with van der Waals surface area (Å²) in [5.41, 5.74) is 3.86. The molecule has 2 N–H and O–H groups in total. The van der Waals surface area contributed by atoms with Gasteiger partial charge in [0.2, 0.25) is 0 Å². The molecule has 0 aliphatic rings. The van der Waals surface area contributed by atoms with Gasteiger partial charge in [-0.15, -0.1) is 0 Å². The maximum atomic E-state index is 5.80. The van der Waals surface area contributed by atoms with Gasteiger partial charge in [-0.25, -0.2) is 0 Å². The third-order valence-corrected chi connectivity index (χ3v) is 3.49. The van der Waals surface area contributed by atoms with E-state index in [-0.39, 0.29) is 5.48 Å². The first-order valence-electron chi connectivity index (χ1n) is 7.25. The molecule has 0 aliphatic carbocycles. The van der Waals surface area contributed by atoms with E-state index in [2.05, 4.69) is 48.5 Å². The molecule has 3 aromatic rings. The molecule has 0 aromatic heterocycles. The van der Waals surface area contributed by atoms with Gasteiger partial charge in [0, 0.05) is 6.42 Å². The van der Waals surface area contributed by atoms with E-state index in [0.29, 0.717) is 6.61 Å². The van der Waals surface area contributed by atoms with Crippen LogP contribution in [0.25, 0.3) is 11.1 Å². The first-order chi connectivity index (χ1) is 10.4. The standard InChI is InChI=1S/C20H18O.H2O/c1-3-9-17(10-4-1)20-14-8-7-11-18(20)15-16-21-19-12-5-2-6-13-19;/h1-14H,15-16H2;1H2. The minimum atomic E-state index is 0. The molecule has 0 fully saturated rings. The van der Waals surface area contributed by atoms with E-state index in [4.69, 9.17) is 4.74 Å². The van der Waals surface area contributed by atoms with Crippen LogP contribution in [-0.4, -0.2) is 12.1 Å². The van der Waals surface area contributed by atoms with Crippen molar-refractivity contribution < 1.29 is 10.2 Å². The van der Waals surface area contributed by atoms with Crippen LogP contribution in [-0.2, 0) is 6.42 Å². The van der Waals surface area contributed by atoms with Crippen molar-refractivity contribution in [1.29, 1.82) is 0 Å². The topological polar surface area (TPSA) is 40.7 Å². The number of rotatable bonds is 5. The van der Waals surface area contributed by atoms with Gasteiger partial charge in [0.05, 0.1) is 6.61 Å². The third-order valence-electron chi connectivity index (χ3n) is 3.49. The lowest BCUT2D eigenvalue weighted by molar-refractivity contribution is 0.322. The molecule has 2 heteroatoms. The van der Waals surface area contributed by atoms with Crippen LogP contribution in [0.4, 0.5) is 0 Å². The maximum absolute atomic E-state index is 5.80. The zero-order chi connectivity index (χ0) is 14.3. The molecule has 0 unspecified atom stereocenters. The molecule has 2 nitrogen and oxygen atoms in total. The molecule has 22 heavy (non-hydrogen) atoms. The van der Waals surface area contributed by atoms with E-state index in [9.17, 15) is 0 Å². The van der Waals surface area contributed by atoms with Crippen molar-refractivity contribution in [3.8, 4) is 16.9 Å². The molecule has 0 aliphatic heterocycles. The van der Waals surface area contributed by atoms with Crippen LogP contribution >= 0.6 is 0 Å². The van der Waals surface area contributed by atoms with Crippen LogP contribution in [0, 0.1) is 0 Å². The lowest BCUT2D eigenvalue weighted by Gasteiger charge is -2.11. The molecule has 0 saturated heterocycles. The summed E-state index contributed by atoms with van der Waals surface area (Å²) in [4.78, 5) is 0. The first kappa shape index (κ1) is 15.8. The molecular formula is C20H20O2. The Balaban J connectivity index is 0.00000176. The van der Waals surface area contributed by atoms with Gasteiger partial charge in [0.1, 0.15) is 5.75 Å². The van der Waals surface area contributed by atoms with Gasteiger partial charge in [0.15, 0.2) is 0 Å². The molecule has 0 heterocycles. The number of hydrogen-bond acceptors (Lipinski definition) is 1. The lowest BCUT2D eigenvalue weighted by atomic mass is 9.98. The van der Waals surface area contributed by atoms with Gasteiger partial charge in [-0.1, -0.05) is 72.8 Å². The zero-order valence-corrected chi connectivity index (χ0v) is 12.4. The molecule has 0 saturated carbocycles. The number of ether oxygens (including phenoxy) is 1. The first-order valence-corrected chi connectivity index (χ1v) is 7.25. The fraction of sp³-hybridized carbons (Fsp3) is 0.100. The molecule has 3 rings (SSSR count). The van der Waals surface area contributed by atoms with E-state index in [0.717, 1.165) is 12.2 Å². The minimum Gasteiger partial charge on any atom is -0.493 e. The predicted octanol–water partition coefficient (Wildman–Crippen LogP) is 4.15. The van der Waals surface area contributed by atoms with Crippen molar-refractivity contribution in [3.05, 3.63) is 90.5 Å². The highest BCUT2D eigenvalue weighted by atomic mass is 16.5. The molecule has 112 valence electrons. The second kappa shape index (κ2) is 8.01. The second-order valence-corrected chi connectivity index (χ2v) is 4.93. The van der Waals surface area contributed by atoms with Crippen LogP contribution in [0.3, 0.4) is 0 Å². The fourth-order valence-electron chi connectivity index (χ4n) is 2.43. The van der Waals surface area contributed by atoms with Gasteiger partial charge in [-0.3, -0.25) is 0 Å². The summed E-state index contributed by atoms with van der Waals surface area (Å²) in [6.45, 7) is 0.688. The van der Waals surface area contributed by atoms with Crippen LogP contribution < -0.4 is 4.74 Å². The van der Waals surface area contributed by atoms with Crippen molar-refractivity contribution >= 4 is 0 Å². The van der Waals surface area contributed by atoms with Crippen LogP contribution in [0.2, 0.25) is 0 Å². The molecular weight excluding hydrogens is 272 g/mol. The van der Waals surface area contributed by atoms with Crippen LogP contribution in [0.15, 0.2) is 84.9 Å². The van der Waals surface area contributed by atoms with Crippen molar-refractivity contribution in [3.63, 3.8) is 0 Å². The number of hydrogen-bond donors (Lipinski definition) is 0. The Labute approximate surface area is 131 Å². The van der Waals surface area contributed by atoms with Gasteiger partial charge in [0.25, 0.3) is 0 Å². The van der Waals surface area contributed by atoms with Crippen LogP contribution in [0.1, 0.15) is 5.56 Å². The molecule has 0 spiro atoms. The Kier molecular flexibility index (Phi) is 5.75. The average Bonchev–Trinajstić information content (AvgIpc) is 2.57. The molecule has 3 aromatic carbocycles. The zero-order valence-electron chi connectivity index (χ0n) is 12.4. The van der Waals surface area contributed by atoms with Crippen molar-refractivity contribution in [1.82, 2.24) is 0 Å². The van der Waals surface area contributed by atoms with E-state index >= 15 is 0 Å². The van der Waals surface area contributed by atoms with Crippen LogP contribution in [0.5, 0.6) is 5.75 Å². The summed E-state index contributed by atoms with van der Waals surface area (Å²) in [5, 5.41) is 0. The SMILES string of the molecule is O.c1ccc(OCCc2ccccc2-c2ccccc2)cc1. The van der Waals surface area contributed by atoms with E-state index in [1.165, 1.54) is 16.7 Å². The Hall–Kier alpha value is -2.58. The Morgan fingerprint density at radius 1 is 0.636 bits per heavy atom. The Morgan fingerprint density at radius 3 is 1.95 bits per heavy atom. The summed E-state index contributed by atoms with van der Waals surface area (Å²) in [6.07, 6.45) is 0.903. The van der Waals surface area contributed by atoms with Crippen molar-refractivity contribution in [2.45, 2.75) is 6.42 Å². The number of benzene rings is 3. The molecule has 0 radical (unpaired) electrons. The second-order valence-electron chi connectivity index (χ2n) is 4.93. The van der Waals surface area contributed by atoms with Gasteiger partial charge < -0.3 is 10.2 Å². The fourth-order valence-corrected chi connectivity index (χ4v) is 2.43. The molecule has 0 bridgehead atoms. The largest absolute Gasteiger partial charge is 0.493 e. The van der Waals surface area contributed by atoms with Crippen molar-refractivity contribution in [2.24, 2.45) is 0 Å². The van der Waals surface area contributed by atoms with Gasteiger partial charge >= 0.3 is 0 Å². The minimum absolute atomic E-state index is 0. The highest BCUT2D eigenvalue weighted by molar-refractivity contribution is 5.67. The Bertz CT molecular complexity index is 678. The third kappa shape index (κ3) is 3.96. The highest BCUT2D eigenvalue weighted by Crippen LogP contribution is 2.23. The van der Waals surface area contributed by atoms with E-state index < -0.39 is 0 Å². The average molecular weight is 292 g/mol. The normalized spacial score (nSPS) is 9.82. The summed E-state index contributed by atoms with van der Waals surface area (Å²) in [7, 11) is 0. The highest BCUT2D eigenvalue weighted by Gasteiger charge is 2.04. The lowest BCUT2D eigenvalue weighted by Crippen LogP contribution is -2.02. The smallest absolute Gasteiger partial charge is 0.119 e. The van der Waals surface area contributed by atoms with E-state index in [1.54, 1.807) is 0 Å². The summed E-state index contributed by atoms with van der Waals surface area (Å²) < 4.78 is 5.80. The quantitative estimate of drug-likeness (QED) is 0.696.